The van der Waals surface area contributed by atoms with Crippen LogP contribution in [0.2, 0.25) is 0 Å². The number of nitrogens with one attached hydrogen (secondary N) is 4. The largest absolute Gasteiger partial charge is 0.384 e. The van der Waals surface area contributed by atoms with Gasteiger partial charge in [-0.15, -0.1) is 0 Å². The second-order valence-electron chi connectivity index (χ2n) is 11.2. The number of aromatic amines is 2. The molecular weight excluding hydrogens is 559 g/mol. The molecule has 0 saturated heterocycles. The maximum absolute atomic E-state index is 14.7. The summed E-state index contributed by atoms with van der Waals surface area (Å²) >= 11 is 0. The molecule has 6 aromatic rings. The predicted octanol–water partition coefficient (Wildman–Crippen LogP) is 4.84. The zero-order valence-corrected chi connectivity index (χ0v) is 24.9. The van der Waals surface area contributed by atoms with Crippen LogP contribution in [0, 0.1) is 5.82 Å². The van der Waals surface area contributed by atoms with E-state index in [1.165, 1.54) is 12.1 Å². The number of benzene rings is 1. The van der Waals surface area contributed by atoms with Gasteiger partial charge in [-0.1, -0.05) is 0 Å². The lowest BCUT2D eigenvalue weighted by atomic mass is 10.0. The maximum Gasteiger partial charge on any atom is 0.238 e. The zero-order chi connectivity index (χ0) is 30.8. The monoisotopic (exact) mass is 592 g/mol. The first kappa shape index (κ1) is 28.9. The summed E-state index contributed by atoms with van der Waals surface area (Å²) in [6.07, 6.45) is 6.75. The molecule has 0 saturated carbocycles. The normalized spacial score (nSPS) is 11.6. The first-order valence-corrected chi connectivity index (χ1v) is 14.2. The summed E-state index contributed by atoms with van der Waals surface area (Å²) in [4.78, 5) is 33.0. The van der Waals surface area contributed by atoms with Crippen LogP contribution in [0.1, 0.15) is 0 Å². The topological polar surface area (TPSA) is 131 Å². The summed E-state index contributed by atoms with van der Waals surface area (Å²) in [5, 5.41) is 15.5. The van der Waals surface area contributed by atoms with Gasteiger partial charge in [0.1, 0.15) is 17.2 Å². The number of hydrogen-bond acceptors (Lipinski definition) is 8. The Morgan fingerprint density at radius 1 is 0.909 bits per heavy atom. The third-order valence-electron chi connectivity index (χ3n) is 7.11. The molecule has 6 rings (SSSR count). The predicted molar refractivity (Wildman–Crippen MR) is 172 cm³/mol. The minimum atomic E-state index is -0.315. The third-order valence-corrected chi connectivity index (χ3v) is 7.11. The number of H-pyrrole nitrogens is 2. The van der Waals surface area contributed by atoms with Crippen molar-refractivity contribution in [3.63, 3.8) is 0 Å². The number of pyridine rings is 3. The number of anilines is 2. The molecule has 0 radical (unpaired) electrons. The lowest BCUT2D eigenvalue weighted by Crippen LogP contribution is -2.27. The van der Waals surface area contributed by atoms with E-state index in [9.17, 15) is 9.18 Å². The van der Waals surface area contributed by atoms with E-state index in [2.05, 4.69) is 45.7 Å². The van der Waals surface area contributed by atoms with Crippen molar-refractivity contribution in [2.75, 3.05) is 58.5 Å². The molecule has 11 nitrogen and oxygen atoms in total. The number of halogens is 1. The van der Waals surface area contributed by atoms with Crippen molar-refractivity contribution in [2.24, 2.45) is 0 Å². The Balaban J connectivity index is 1.33. The van der Waals surface area contributed by atoms with Gasteiger partial charge in [-0.3, -0.25) is 19.9 Å². The minimum Gasteiger partial charge on any atom is -0.384 e. The van der Waals surface area contributed by atoms with Crippen LogP contribution in [0.25, 0.3) is 55.7 Å². The molecule has 224 valence electrons. The Kier molecular flexibility index (Phi) is 8.01. The van der Waals surface area contributed by atoms with E-state index >= 15 is 0 Å². The summed E-state index contributed by atoms with van der Waals surface area (Å²) < 4.78 is 14.7. The van der Waals surface area contributed by atoms with Gasteiger partial charge in [-0.2, -0.15) is 5.10 Å². The first-order valence-electron chi connectivity index (χ1n) is 14.2. The van der Waals surface area contributed by atoms with Crippen molar-refractivity contribution in [1.82, 2.24) is 39.9 Å². The number of rotatable bonds is 10. The van der Waals surface area contributed by atoms with Crippen molar-refractivity contribution in [1.29, 1.82) is 0 Å². The van der Waals surface area contributed by atoms with E-state index in [4.69, 9.17) is 0 Å². The summed E-state index contributed by atoms with van der Waals surface area (Å²) in [5.74, 6) is -0.443. The van der Waals surface area contributed by atoms with Crippen LogP contribution in [0.5, 0.6) is 0 Å². The zero-order valence-electron chi connectivity index (χ0n) is 24.9. The molecule has 0 aliphatic rings. The number of nitrogens with zero attached hydrogens (tertiary/aromatic N) is 6. The molecule has 5 aromatic heterocycles. The van der Waals surface area contributed by atoms with Crippen LogP contribution in [0.4, 0.5) is 15.8 Å². The summed E-state index contributed by atoms with van der Waals surface area (Å²) in [6.45, 7) is 1.79. The van der Waals surface area contributed by atoms with Gasteiger partial charge >= 0.3 is 0 Å². The summed E-state index contributed by atoms with van der Waals surface area (Å²) in [5.41, 5.74) is 7.23. The molecule has 0 bridgehead atoms. The fraction of sp³-hybridized carbons (Fsp3) is 0.219. The second kappa shape index (κ2) is 12.2. The molecular formula is C32H33FN10O. The number of carbonyl (C=O) groups excluding carboxylic acids is 1. The Bertz CT molecular complexity index is 1960. The van der Waals surface area contributed by atoms with E-state index in [1.807, 2.05) is 58.5 Å². The Labute approximate surface area is 253 Å². The van der Waals surface area contributed by atoms with E-state index in [0.29, 0.717) is 29.3 Å². The Morgan fingerprint density at radius 2 is 1.75 bits per heavy atom. The van der Waals surface area contributed by atoms with Crippen molar-refractivity contribution < 1.29 is 9.18 Å². The average molecular weight is 593 g/mol. The SMILES string of the molecule is CN(C)CCNc1cc(F)cc(-c2ccnc3[nH]c(-c4n[nH]c5cnc(-c6cncc(NC(=O)CN(C)C)c6)cc45)cc23)c1. The van der Waals surface area contributed by atoms with Crippen LogP contribution < -0.4 is 10.6 Å². The lowest BCUT2D eigenvalue weighted by molar-refractivity contribution is -0.116. The molecule has 0 aliphatic carbocycles. The number of amides is 1. The number of fused-ring (bicyclic) bond motifs is 2. The van der Waals surface area contributed by atoms with Gasteiger partial charge in [0.25, 0.3) is 0 Å². The van der Waals surface area contributed by atoms with Crippen LogP contribution in [-0.4, -0.2) is 93.7 Å². The fourth-order valence-corrected chi connectivity index (χ4v) is 5.09. The molecule has 0 spiro atoms. The van der Waals surface area contributed by atoms with Crippen molar-refractivity contribution >= 4 is 39.2 Å². The van der Waals surface area contributed by atoms with E-state index in [-0.39, 0.29) is 18.3 Å². The van der Waals surface area contributed by atoms with Gasteiger partial charge in [-0.25, -0.2) is 9.37 Å². The van der Waals surface area contributed by atoms with Crippen molar-refractivity contribution in [2.45, 2.75) is 0 Å². The van der Waals surface area contributed by atoms with Crippen LogP contribution in [0.15, 0.2) is 67.3 Å². The molecule has 0 fully saturated rings. The van der Waals surface area contributed by atoms with Gasteiger partial charge in [0.15, 0.2) is 0 Å². The van der Waals surface area contributed by atoms with Gasteiger partial charge in [0.05, 0.1) is 41.5 Å². The van der Waals surface area contributed by atoms with Crippen molar-refractivity contribution in [3.05, 3.63) is 73.1 Å². The van der Waals surface area contributed by atoms with E-state index in [1.54, 1.807) is 29.7 Å². The van der Waals surface area contributed by atoms with Gasteiger partial charge in [0.2, 0.25) is 5.91 Å². The van der Waals surface area contributed by atoms with Gasteiger partial charge in [-0.05, 0) is 81.8 Å². The molecule has 44 heavy (non-hydrogen) atoms. The third kappa shape index (κ3) is 6.26. The molecule has 1 aromatic carbocycles. The number of hydrogen-bond donors (Lipinski definition) is 4. The van der Waals surface area contributed by atoms with E-state index < -0.39 is 0 Å². The molecule has 0 atom stereocenters. The van der Waals surface area contributed by atoms with Crippen LogP contribution in [0.3, 0.4) is 0 Å². The van der Waals surface area contributed by atoms with Crippen molar-refractivity contribution in [3.8, 4) is 33.8 Å². The quantitative estimate of drug-likeness (QED) is 0.178. The number of carbonyl (C=O) groups is 1. The molecule has 4 N–H and O–H groups in total. The van der Waals surface area contributed by atoms with E-state index in [0.717, 1.165) is 50.9 Å². The highest BCUT2D eigenvalue weighted by atomic mass is 19.1. The summed E-state index contributed by atoms with van der Waals surface area (Å²) in [7, 11) is 7.67. The standard InChI is InChI=1S/C32H33FN10O/c1-42(2)8-7-35-22-10-19(9-21(33)12-22)24-5-6-36-32-25(24)13-28(39-32)31-26-14-27(37-17-29(26)40-41-31)20-11-23(16-34-15-20)38-30(44)18-43(3)4/h5-6,9-17,35H,7-8,18H2,1-4H3,(H,36,39)(H,38,44)(H,40,41). The number of likely N-dealkylation sites (N-methyl/N-ethyl adjacent to an activating group) is 2. The fourth-order valence-electron chi connectivity index (χ4n) is 5.09. The molecule has 12 heteroatoms. The Morgan fingerprint density at radius 3 is 2.57 bits per heavy atom. The Hall–Kier alpha value is -5.20. The average Bonchev–Trinajstić information content (AvgIpc) is 3.60. The highest BCUT2D eigenvalue weighted by Gasteiger charge is 2.16. The molecule has 1 amide bonds. The molecule has 0 unspecified atom stereocenters. The van der Waals surface area contributed by atoms with Crippen LogP contribution in [-0.2, 0) is 4.79 Å². The number of aromatic nitrogens is 6. The summed E-state index contributed by atoms with van der Waals surface area (Å²) in [6, 6.07) is 12.6. The maximum atomic E-state index is 14.7. The smallest absolute Gasteiger partial charge is 0.238 e. The van der Waals surface area contributed by atoms with Crippen LogP contribution >= 0.6 is 0 Å². The van der Waals surface area contributed by atoms with Gasteiger partial charge in [0, 0.05) is 47.5 Å². The lowest BCUT2D eigenvalue weighted by Gasteiger charge is -2.13. The molecule has 5 heterocycles. The second-order valence-corrected chi connectivity index (χ2v) is 11.2. The minimum absolute atomic E-state index is 0.128. The highest BCUT2D eigenvalue weighted by Crippen LogP contribution is 2.35. The van der Waals surface area contributed by atoms with Gasteiger partial charge < -0.3 is 25.4 Å². The molecule has 0 aliphatic heterocycles. The first-order chi connectivity index (χ1) is 21.2. The highest BCUT2D eigenvalue weighted by molar-refractivity contribution is 6.00.